The van der Waals surface area contributed by atoms with Crippen LogP contribution in [0.15, 0.2) is 18.3 Å². The van der Waals surface area contributed by atoms with Crippen molar-refractivity contribution in [2.24, 2.45) is 5.84 Å². The zero-order valence-electron chi connectivity index (χ0n) is 12.8. The monoisotopic (exact) mass is 287 g/mol. The molecule has 0 amide bonds. The summed E-state index contributed by atoms with van der Waals surface area (Å²) < 4.78 is 0. The average Bonchev–Trinajstić information content (AvgIpc) is 2.44. The van der Waals surface area contributed by atoms with Crippen LogP contribution in [-0.4, -0.2) is 19.9 Å². The van der Waals surface area contributed by atoms with Crippen LogP contribution in [0.25, 0.3) is 0 Å². The second-order valence-electron chi connectivity index (χ2n) is 5.81. The van der Waals surface area contributed by atoms with Crippen molar-refractivity contribution in [3.05, 3.63) is 35.7 Å². The molecule has 0 aliphatic heterocycles. The Morgan fingerprint density at radius 2 is 1.86 bits per heavy atom. The Labute approximate surface area is 124 Å². The maximum absolute atomic E-state index is 5.47. The molecule has 2 aromatic heterocycles. The van der Waals surface area contributed by atoms with Crippen molar-refractivity contribution >= 4 is 11.6 Å². The van der Waals surface area contributed by atoms with Crippen molar-refractivity contribution in [1.29, 1.82) is 0 Å². The Bertz CT molecular complexity index is 619. The summed E-state index contributed by atoms with van der Waals surface area (Å²) in [6.07, 6.45) is 1.74. The molecule has 0 spiro atoms. The summed E-state index contributed by atoms with van der Waals surface area (Å²) in [6, 6.07) is 3.64. The SMILES string of the molecule is Cc1nccc(CNc2cc(NN)nc(C(C)(C)C)n2)n1. The molecule has 0 aromatic carbocycles. The van der Waals surface area contributed by atoms with Gasteiger partial charge < -0.3 is 10.7 Å². The summed E-state index contributed by atoms with van der Waals surface area (Å²) in [7, 11) is 0. The van der Waals surface area contributed by atoms with Crippen molar-refractivity contribution < 1.29 is 0 Å². The number of aryl methyl sites for hydroxylation is 1. The normalized spacial score (nSPS) is 11.3. The number of anilines is 2. The Morgan fingerprint density at radius 1 is 1.14 bits per heavy atom. The van der Waals surface area contributed by atoms with E-state index in [4.69, 9.17) is 5.84 Å². The molecule has 0 unspecified atom stereocenters. The minimum atomic E-state index is -0.158. The van der Waals surface area contributed by atoms with Crippen LogP contribution in [0.4, 0.5) is 11.6 Å². The molecule has 0 radical (unpaired) electrons. The van der Waals surface area contributed by atoms with Crippen LogP contribution in [0.1, 0.15) is 38.1 Å². The van der Waals surface area contributed by atoms with E-state index in [1.54, 1.807) is 12.3 Å². The van der Waals surface area contributed by atoms with Gasteiger partial charge in [0.05, 0.1) is 12.2 Å². The van der Waals surface area contributed by atoms with Gasteiger partial charge in [-0.15, -0.1) is 0 Å². The highest BCUT2D eigenvalue weighted by molar-refractivity contribution is 5.47. The van der Waals surface area contributed by atoms with Gasteiger partial charge in [-0.3, -0.25) is 0 Å². The Morgan fingerprint density at radius 3 is 2.48 bits per heavy atom. The molecule has 0 fully saturated rings. The third kappa shape index (κ3) is 4.09. The van der Waals surface area contributed by atoms with E-state index in [0.29, 0.717) is 18.2 Å². The lowest BCUT2D eigenvalue weighted by Gasteiger charge is -2.18. The first kappa shape index (κ1) is 15.1. The van der Waals surface area contributed by atoms with Gasteiger partial charge in [0, 0.05) is 17.7 Å². The third-order valence-corrected chi connectivity index (χ3v) is 2.83. The number of aromatic nitrogens is 4. The fourth-order valence-electron chi connectivity index (χ4n) is 1.73. The lowest BCUT2D eigenvalue weighted by molar-refractivity contribution is 0.546. The topological polar surface area (TPSA) is 102 Å². The maximum atomic E-state index is 5.47. The van der Waals surface area contributed by atoms with E-state index in [1.807, 2.05) is 13.0 Å². The quantitative estimate of drug-likeness (QED) is 0.582. The van der Waals surface area contributed by atoms with E-state index in [1.165, 1.54) is 0 Å². The van der Waals surface area contributed by atoms with E-state index in [-0.39, 0.29) is 5.41 Å². The molecule has 0 aliphatic carbocycles. The minimum Gasteiger partial charge on any atom is -0.364 e. The first-order valence-electron chi connectivity index (χ1n) is 6.77. The zero-order chi connectivity index (χ0) is 15.5. The predicted molar refractivity (Wildman–Crippen MR) is 82.6 cm³/mol. The number of nitrogen functional groups attached to an aromatic ring is 1. The Balaban J connectivity index is 2.19. The highest BCUT2D eigenvalue weighted by Gasteiger charge is 2.19. The van der Waals surface area contributed by atoms with Crippen molar-refractivity contribution in [2.75, 3.05) is 10.7 Å². The van der Waals surface area contributed by atoms with Crippen LogP contribution in [-0.2, 0) is 12.0 Å². The number of nitrogens with one attached hydrogen (secondary N) is 2. The average molecular weight is 287 g/mol. The number of hydrazine groups is 1. The van der Waals surface area contributed by atoms with Crippen molar-refractivity contribution in [3.63, 3.8) is 0 Å². The molecular formula is C14H21N7. The standard InChI is InChI=1S/C14H21N7/c1-9-16-6-5-10(18-9)8-17-11-7-12(21-15)20-13(19-11)14(2,3)4/h5-7H,8,15H2,1-4H3,(H2,17,19,20,21). The molecule has 2 heterocycles. The van der Waals surface area contributed by atoms with Crippen LogP contribution in [0, 0.1) is 6.92 Å². The van der Waals surface area contributed by atoms with Gasteiger partial charge in [-0.1, -0.05) is 20.8 Å². The van der Waals surface area contributed by atoms with E-state index in [2.05, 4.69) is 51.4 Å². The molecule has 0 bridgehead atoms. The van der Waals surface area contributed by atoms with E-state index >= 15 is 0 Å². The summed E-state index contributed by atoms with van der Waals surface area (Å²) in [5.74, 6) is 8.23. The molecule has 2 rings (SSSR count). The number of hydrogen-bond donors (Lipinski definition) is 3. The molecule has 0 atom stereocenters. The van der Waals surface area contributed by atoms with E-state index < -0.39 is 0 Å². The van der Waals surface area contributed by atoms with Gasteiger partial charge in [0.2, 0.25) is 0 Å². The smallest absolute Gasteiger partial charge is 0.145 e. The lowest BCUT2D eigenvalue weighted by atomic mass is 9.96. The van der Waals surface area contributed by atoms with Crippen LogP contribution in [0.2, 0.25) is 0 Å². The number of hydrogen-bond acceptors (Lipinski definition) is 7. The third-order valence-electron chi connectivity index (χ3n) is 2.83. The minimum absolute atomic E-state index is 0.158. The van der Waals surface area contributed by atoms with Crippen molar-refractivity contribution in [1.82, 2.24) is 19.9 Å². The summed E-state index contributed by atoms with van der Waals surface area (Å²) in [5, 5.41) is 3.24. The molecule has 21 heavy (non-hydrogen) atoms. The van der Waals surface area contributed by atoms with Crippen LogP contribution in [0.5, 0.6) is 0 Å². The molecule has 0 saturated heterocycles. The number of rotatable bonds is 4. The Kier molecular flexibility index (Phi) is 4.32. The van der Waals surface area contributed by atoms with Gasteiger partial charge in [0.25, 0.3) is 0 Å². The summed E-state index contributed by atoms with van der Waals surface area (Å²) in [6.45, 7) is 8.59. The molecule has 7 heteroatoms. The fraction of sp³-hybridized carbons (Fsp3) is 0.429. The second-order valence-corrected chi connectivity index (χ2v) is 5.81. The molecule has 2 aromatic rings. The van der Waals surface area contributed by atoms with Crippen LogP contribution < -0.4 is 16.6 Å². The summed E-state index contributed by atoms with van der Waals surface area (Å²) in [4.78, 5) is 17.3. The molecule has 112 valence electrons. The van der Waals surface area contributed by atoms with Crippen LogP contribution in [0.3, 0.4) is 0 Å². The molecular weight excluding hydrogens is 266 g/mol. The zero-order valence-corrected chi connectivity index (χ0v) is 12.8. The van der Waals surface area contributed by atoms with E-state index in [9.17, 15) is 0 Å². The fourth-order valence-corrected chi connectivity index (χ4v) is 1.73. The highest BCUT2D eigenvalue weighted by atomic mass is 15.3. The summed E-state index contributed by atoms with van der Waals surface area (Å²) >= 11 is 0. The maximum Gasteiger partial charge on any atom is 0.145 e. The van der Waals surface area contributed by atoms with Crippen molar-refractivity contribution in [2.45, 2.75) is 39.7 Å². The first-order valence-corrected chi connectivity index (χ1v) is 6.77. The van der Waals surface area contributed by atoms with Gasteiger partial charge in [0.15, 0.2) is 0 Å². The van der Waals surface area contributed by atoms with Gasteiger partial charge >= 0.3 is 0 Å². The van der Waals surface area contributed by atoms with Crippen molar-refractivity contribution in [3.8, 4) is 0 Å². The van der Waals surface area contributed by atoms with Gasteiger partial charge in [-0.05, 0) is 13.0 Å². The predicted octanol–water partition coefficient (Wildman–Crippen LogP) is 1.77. The molecule has 4 N–H and O–H groups in total. The first-order chi connectivity index (χ1) is 9.88. The highest BCUT2D eigenvalue weighted by Crippen LogP contribution is 2.22. The molecule has 7 nitrogen and oxygen atoms in total. The van der Waals surface area contributed by atoms with E-state index in [0.717, 1.165) is 17.3 Å². The molecule has 0 aliphatic rings. The van der Waals surface area contributed by atoms with Gasteiger partial charge in [-0.25, -0.2) is 25.8 Å². The van der Waals surface area contributed by atoms with Crippen LogP contribution >= 0.6 is 0 Å². The second kappa shape index (κ2) is 6.01. The molecule has 0 saturated carbocycles. The lowest BCUT2D eigenvalue weighted by Crippen LogP contribution is -2.20. The Hall–Kier alpha value is -2.28. The summed E-state index contributed by atoms with van der Waals surface area (Å²) in [5.41, 5.74) is 3.32. The largest absolute Gasteiger partial charge is 0.364 e. The number of nitrogens with two attached hydrogens (primary N) is 1. The number of nitrogens with zero attached hydrogens (tertiary/aromatic N) is 4. The van der Waals surface area contributed by atoms with Gasteiger partial charge in [0.1, 0.15) is 23.3 Å². The van der Waals surface area contributed by atoms with Gasteiger partial charge in [-0.2, -0.15) is 0 Å².